The molecule has 0 radical (unpaired) electrons. The number of fused-ring (bicyclic) bond motifs is 1. The van der Waals surface area contributed by atoms with E-state index in [-0.39, 0.29) is 11.6 Å². The van der Waals surface area contributed by atoms with Crippen LogP contribution < -0.4 is 0 Å². The SMILES string of the molecule is N#C[C@H]1C(=N)C(C#N)(C#N)[C@H](c2cccc(F)c2)[C@H]2CSCC=C12. The summed E-state index contributed by atoms with van der Waals surface area (Å²) in [5, 5.41) is 37.5. The molecule has 3 rings (SSSR count). The zero-order chi connectivity index (χ0) is 17.3. The first-order valence-corrected chi connectivity index (χ1v) is 8.58. The van der Waals surface area contributed by atoms with Gasteiger partial charge in [0.15, 0.2) is 5.41 Å². The van der Waals surface area contributed by atoms with Crippen molar-refractivity contribution in [3.63, 3.8) is 0 Å². The molecule has 1 aliphatic heterocycles. The summed E-state index contributed by atoms with van der Waals surface area (Å²) in [5.74, 6) is -0.814. The highest BCUT2D eigenvalue weighted by Gasteiger charge is 2.57. The molecule has 0 amide bonds. The molecule has 0 saturated heterocycles. The quantitative estimate of drug-likeness (QED) is 0.795. The van der Waals surface area contributed by atoms with Gasteiger partial charge in [-0.2, -0.15) is 27.5 Å². The first kappa shape index (κ1) is 16.2. The van der Waals surface area contributed by atoms with Crippen LogP contribution in [0.25, 0.3) is 0 Å². The van der Waals surface area contributed by atoms with E-state index in [1.54, 1.807) is 23.9 Å². The first-order valence-electron chi connectivity index (χ1n) is 7.43. The van der Waals surface area contributed by atoms with Crippen LogP contribution in [-0.4, -0.2) is 17.2 Å². The van der Waals surface area contributed by atoms with Crippen LogP contribution in [0.4, 0.5) is 4.39 Å². The van der Waals surface area contributed by atoms with Crippen molar-refractivity contribution in [3.8, 4) is 18.2 Å². The van der Waals surface area contributed by atoms with Crippen molar-refractivity contribution < 1.29 is 4.39 Å². The lowest BCUT2D eigenvalue weighted by atomic mass is 9.55. The summed E-state index contributed by atoms with van der Waals surface area (Å²) in [6.07, 6.45) is 1.92. The molecule has 1 aliphatic carbocycles. The number of benzene rings is 1. The second-order valence-electron chi connectivity index (χ2n) is 5.89. The van der Waals surface area contributed by atoms with E-state index in [2.05, 4.69) is 6.07 Å². The fraction of sp³-hybridized carbons (Fsp3) is 0.333. The van der Waals surface area contributed by atoms with Gasteiger partial charge >= 0.3 is 0 Å². The fourth-order valence-corrected chi connectivity index (χ4v) is 4.77. The average molecular weight is 336 g/mol. The van der Waals surface area contributed by atoms with E-state index >= 15 is 0 Å². The van der Waals surface area contributed by atoms with Gasteiger partial charge in [0.1, 0.15) is 11.7 Å². The molecule has 4 nitrogen and oxygen atoms in total. The standard InChI is InChI=1S/C18H13FN4S/c19-12-3-1-2-11(6-12)16-15-8-24-5-4-13(15)14(7-20)17(23)18(16,9-21)10-22/h1-4,6,14-16,23H,5,8H2/t14-,15+,16-/m1/s1. The van der Waals surface area contributed by atoms with Crippen molar-refractivity contribution in [3.05, 3.63) is 47.3 Å². The Morgan fingerprint density at radius 3 is 2.62 bits per heavy atom. The summed E-state index contributed by atoms with van der Waals surface area (Å²) >= 11 is 1.65. The maximum atomic E-state index is 13.8. The van der Waals surface area contributed by atoms with Crippen molar-refractivity contribution >= 4 is 17.5 Å². The molecule has 118 valence electrons. The number of rotatable bonds is 1. The molecule has 1 aromatic carbocycles. The summed E-state index contributed by atoms with van der Waals surface area (Å²) in [6, 6.07) is 11.9. The number of hydrogen-bond acceptors (Lipinski definition) is 5. The number of nitrogens with one attached hydrogen (secondary N) is 1. The Bertz CT molecular complexity index is 841. The number of allylic oxidation sites excluding steroid dienone is 1. The number of thioether (sulfide) groups is 1. The molecule has 24 heavy (non-hydrogen) atoms. The molecule has 6 heteroatoms. The highest BCUT2D eigenvalue weighted by Crippen LogP contribution is 2.54. The topological polar surface area (TPSA) is 95.2 Å². The van der Waals surface area contributed by atoms with E-state index in [0.29, 0.717) is 11.3 Å². The van der Waals surface area contributed by atoms with Crippen LogP contribution in [0.3, 0.4) is 0 Å². The Labute approximate surface area is 143 Å². The first-order chi connectivity index (χ1) is 11.6. The summed E-state index contributed by atoms with van der Waals surface area (Å²) in [5.41, 5.74) is -0.637. The highest BCUT2D eigenvalue weighted by molar-refractivity contribution is 7.99. The van der Waals surface area contributed by atoms with Crippen molar-refractivity contribution in [2.24, 2.45) is 17.3 Å². The van der Waals surface area contributed by atoms with Gasteiger partial charge in [-0.05, 0) is 23.3 Å². The second kappa shape index (κ2) is 6.11. The summed E-state index contributed by atoms with van der Waals surface area (Å²) in [4.78, 5) is 0. The van der Waals surface area contributed by atoms with Gasteiger partial charge in [-0.25, -0.2) is 4.39 Å². The number of hydrogen-bond donors (Lipinski definition) is 1. The third kappa shape index (κ3) is 2.21. The van der Waals surface area contributed by atoms with Gasteiger partial charge in [0.25, 0.3) is 0 Å². The molecule has 0 spiro atoms. The number of nitriles is 3. The zero-order valence-corrected chi connectivity index (χ0v) is 13.5. The average Bonchev–Trinajstić information content (AvgIpc) is 2.61. The minimum Gasteiger partial charge on any atom is -0.305 e. The predicted octanol–water partition coefficient (Wildman–Crippen LogP) is 3.41. The van der Waals surface area contributed by atoms with Crippen molar-refractivity contribution in [1.82, 2.24) is 0 Å². The molecular formula is C18H13FN4S. The van der Waals surface area contributed by atoms with Gasteiger partial charge in [-0.15, -0.1) is 0 Å². The largest absolute Gasteiger partial charge is 0.305 e. The third-order valence-corrected chi connectivity index (χ3v) is 5.76. The maximum Gasteiger partial charge on any atom is 0.189 e. The van der Waals surface area contributed by atoms with Gasteiger partial charge in [0, 0.05) is 23.3 Å². The van der Waals surface area contributed by atoms with E-state index in [4.69, 9.17) is 5.41 Å². The van der Waals surface area contributed by atoms with Crippen LogP contribution in [0, 0.1) is 62.5 Å². The van der Waals surface area contributed by atoms with Crippen LogP contribution in [0.15, 0.2) is 35.9 Å². The van der Waals surface area contributed by atoms with Crippen molar-refractivity contribution in [2.45, 2.75) is 5.92 Å². The van der Waals surface area contributed by atoms with Gasteiger partial charge < -0.3 is 5.41 Å². The number of nitrogens with zero attached hydrogens (tertiary/aromatic N) is 3. The molecule has 1 fully saturated rings. The number of halogens is 1. The molecule has 1 saturated carbocycles. The van der Waals surface area contributed by atoms with Crippen LogP contribution in [0.1, 0.15) is 11.5 Å². The maximum absolute atomic E-state index is 13.8. The van der Waals surface area contributed by atoms with Gasteiger partial charge in [-0.1, -0.05) is 18.2 Å². The summed E-state index contributed by atoms with van der Waals surface area (Å²) in [7, 11) is 0. The monoisotopic (exact) mass is 336 g/mol. The fourth-order valence-electron chi connectivity index (χ4n) is 3.69. The lowest BCUT2D eigenvalue weighted by molar-refractivity contribution is 0.377. The lowest BCUT2D eigenvalue weighted by Gasteiger charge is -2.45. The predicted molar refractivity (Wildman–Crippen MR) is 88.5 cm³/mol. The molecule has 3 atom stereocenters. The molecule has 2 aliphatic rings. The molecule has 0 unspecified atom stereocenters. The van der Waals surface area contributed by atoms with Gasteiger partial charge in [0.2, 0.25) is 0 Å². The summed E-state index contributed by atoms with van der Waals surface area (Å²) in [6.45, 7) is 0. The molecule has 1 heterocycles. The normalized spacial score (nSPS) is 27.8. The van der Waals surface area contributed by atoms with Crippen LogP contribution >= 0.6 is 11.8 Å². The van der Waals surface area contributed by atoms with Crippen LogP contribution in [0.5, 0.6) is 0 Å². The van der Waals surface area contributed by atoms with E-state index in [1.165, 1.54) is 12.1 Å². The molecule has 1 aromatic rings. The molecule has 1 N–H and O–H groups in total. The Kier molecular flexibility index (Phi) is 4.14. The Morgan fingerprint density at radius 1 is 1.25 bits per heavy atom. The zero-order valence-electron chi connectivity index (χ0n) is 12.7. The Hall–Kier alpha value is -2.62. The molecular weight excluding hydrogens is 323 g/mol. The van der Waals surface area contributed by atoms with Crippen LogP contribution in [-0.2, 0) is 0 Å². The Balaban J connectivity index is 2.27. The van der Waals surface area contributed by atoms with Crippen molar-refractivity contribution in [1.29, 1.82) is 21.2 Å². The van der Waals surface area contributed by atoms with Crippen LogP contribution in [0.2, 0.25) is 0 Å². The molecule has 0 bridgehead atoms. The highest BCUT2D eigenvalue weighted by atomic mass is 32.2. The van der Waals surface area contributed by atoms with Gasteiger partial charge in [0.05, 0.1) is 23.9 Å². The Morgan fingerprint density at radius 2 is 2.00 bits per heavy atom. The summed E-state index contributed by atoms with van der Waals surface area (Å²) < 4.78 is 13.8. The van der Waals surface area contributed by atoms with E-state index in [1.807, 2.05) is 18.2 Å². The second-order valence-corrected chi connectivity index (χ2v) is 6.96. The third-order valence-electron chi connectivity index (χ3n) is 4.77. The van der Waals surface area contributed by atoms with E-state index < -0.39 is 23.1 Å². The smallest absolute Gasteiger partial charge is 0.189 e. The minimum atomic E-state index is -1.76. The van der Waals surface area contributed by atoms with Crippen molar-refractivity contribution in [2.75, 3.05) is 11.5 Å². The van der Waals surface area contributed by atoms with Gasteiger partial charge in [-0.3, -0.25) is 0 Å². The lowest BCUT2D eigenvalue weighted by Crippen LogP contribution is -2.49. The van der Waals surface area contributed by atoms with E-state index in [0.717, 1.165) is 11.3 Å². The van der Waals surface area contributed by atoms with E-state index in [9.17, 15) is 20.2 Å². The molecule has 0 aromatic heterocycles. The minimum absolute atomic E-state index is 0.196.